The zero-order valence-corrected chi connectivity index (χ0v) is 19.9. The van der Waals surface area contributed by atoms with E-state index in [1.165, 1.54) is 28.7 Å². The lowest BCUT2D eigenvalue weighted by molar-refractivity contribution is -0.113. The summed E-state index contributed by atoms with van der Waals surface area (Å²) < 4.78 is 0.663. The van der Waals surface area contributed by atoms with E-state index >= 15 is 0 Å². The fraction of sp³-hybridized carbons (Fsp3) is 0.0833. The summed E-state index contributed by atoms with van der Waals surface area (Å²) in [5, 5.41) is 15.3. The van der Waals surface area contributed by atoms with Crippen LogP contribution in [0.1, 0.15) is 21.5 Å². The first kappa shape index (κ1) is 23.0. The lowest BCUT2D eigenvalue weighted by Crippen LogP contribution is -2.17. The van der Waals surface area contributed by atoms with Crippen LogP contribution in [0.25, 0.3) is 0 Å². The summed E-state index contributed by atoms with van der Waals surface area (Å²) in [6, 6.07) is 21.7. The summed E-state index contributed by atoms with van der Waals surface area (Å²) >= 11 is 8.75. The maximum atomic E-state index is 12.9. The van der Waals surface area contributed by atoms with Crippen LogP contribution in [0.4, 0.5) is 16.5 Å². The number of aromatic nitrogens is 2. The Morgan fingerprint density at radius 3 is 2.52 bits per heavy atom. The number of nitrogens with zero attached hydrogens (tertiary/aromatic N) is 2. The van der Waals surface area contributed by atoms with Crippen LogP contribution >= 0.6 is 34.7 Å². The van der Waals surface area contributed by atoms with Gasteiger partial charge in [-0.1, -0.05) is 82.7 Å². The highest BCUT2D eigenvalue weighted by Gasteiger charge is 2.16. The normalized spacial score (nSPS) is 10.6. The van der Waals surface area contributed by atoms with Gasteiger partial charge < -0.3 is 10.6 Å². The lowest BCUT2D eigenvalue weighted by atomic mass is 10.0. The van der Waals surface area contributed by atoms with Gasteiger partial charge in [-0.25, -0.2) is 0 Å². The van der Waals surface area contributed by atoms with Crippen molar-refractivity contribution < 1.29 is 9.59 Å². The summed E-state index contributed by atoms with van der Waals surface area (Å²) in [4.78, 5) is 25.5. The molecule has 3 aromatic carbocycles. The van der Waals surface area contributed by atoms with Crippen LogP contribution < -0.4 is 10.6 Å². The molecule has 1 aromatic heterocycles. The van der Waals surface area contributed by atoms with Gasteiger partial charge >= 0.3 is 0 Å². The lowest BCUT2D eigenvalue weighted by Gasteiger charge is -2.11. The van der Waals surface area contributed by atoms with Crippen molar-refractivity contribution in [1.82, 2.24) is 10.2 Å². The number of carbonyl (C=O) groups is 2. The number of carbonyl (C=O) groups excluding carboxylic acids is 2. The van der Waals surface area contributed by atoms with Crippen molar-refractivity contribution in [3.63, 3.8) is 0 Å². The number of benzene rings is 3. The summed E-state index contributed by atoms with van der Waals surface area (Å²) in [7, 11) is 0. The van der Waals surface area contributed by atoms with Crippen LogP contribution in [-0.2, 0) is 4.79 Å². The molecular weight excluding hydrogens is 476 g/mol. The van der Waals surface area contributed by atoms with Gasteiger partial charge in [0.15, 0.2) is 10.1 Å². The molecule has 0 spiro atoms. The molecule has 0 bridgehead atoms. The van der Waals surface area contributed by atoms with E-state index in [1.54, 1.807) is 42.5 Å². The topological polar surface area (TPSA) is 84.0 Å². The molecule has 4 aromatic rings. The van der Waals surface area contributed by atoms with Crippen molar-refractivity contribution in [2.45, 2.75) is 11.3 Å². The second kappa shape index (κ2) is 10.6. The van der Waals surface area contributed by atoms with E-state index in [9.17, 15) is 9.59 Å². The molecule has 0 aliphatic heterocycles. The molecule has 166 valence electrons. The molecule has 4 rings (SSSR count). The number of rotatable bonds is 8. The van der Waals surface area contributed by atoms with Gasteiger partial charge in [-0.3, -0.25) is 9.59 Å². The molecule has 0 saturated carbocycles. The monoisotopic (exact) mass is 494 g/mol. The van der Waals surface area contributed by atoms with Crippen molar-refractivity contribution in [2.75, 3.05) is 16.4 Å². The Kier molecular flexibility index (Phi) is 7.39. The van der Waals surface area contributed by atoms with Crippen LogP contribution in [0.5, 0.6) is 0 Å². The Balaban J connectivity index is 1.38. The molecule has 0 atom stereocenters. The van der Waals surface area contributed by atoms with Gasteiger partial charge in [0.05, 0.1) is 11.4 Å². The van der Waals surface area contributed by atoms with E-state index in [2.05, 4.69) is 20.8 Å². The van der Waals surface area contributed by atoms with Gasteiger partial charge in [0.25, 0.3) is 0 Å². The van der Waals surface area contributed by atoms with Crippen molar-refractivity contribution >= 4 is 62.9 Å². The van der Waals surface area contributed by atoms with Gasteiger partial charge in [0.1, 0.15) is 0 Å². The largest absolute Gasteiger partial charge is 0.330 e. The highest BCUT2D eigenvalue weighted by atomic mass is 35.5. The molecule has 33 heavy (non-hydrogen) atoms. The summed E-state index contributed by atoms with van der Waals surface area (Å²) in [6.07, 6.45) is 0. The molecule has 9 heteroatoms. The molecular formula is C24H19ClN4O2S2. The van der Waals surface area contributed by atoms with Crippen LogP contribution in [0.2, 0.25) is 5.02 Å². The zero-order chi connectivity index (χ0) is 23.2. The fourth-order valence-electron chi connectivity index (χ4n) is 2.95. The number of halogens is 1. The van der Waals surface area contributed by atoms with Crippen LogP contribution in [0.15, 0.2) is 77.1 Å². The minimum Gasteiger partial charge on any atom is -0.330 e. The summed E-state index contributed by atoms with van der Waals surface area (Å²) in [5.41, 5.74) is 3.37. The highest BCUT2D eigenvalue weighted by Crippen LogP contribution is 2.28. The second-order valence-corrected chi connectivity index (χ2v) is 9.72. The standard InChI is InChI=1S/C24H19ClN4O2S2/c1-15-7-10-18(11-8-15)26-23-28-29-24(33-23)32-14-21(30)27-20-12-9-17(25)13-19(20)22(31)16-5-3-2-4-6-16/h2-13H,14H2,1H3,(H,26,28)(H,27,30). The highest BCUT2D eigenvalue weighted by molar-refractivity contribution is 8.01. The number of thioether (sulfide) groups is 1. The first-order chi connectivity index (χ1) is 16.0. The first-order valence-corrected chi connectivity index (χ1v) is 12.1. The maximum Gasteiger partial charge on any atom is 0.234 e. The predicted molar refractivity (Wildman–Crippen MR) is 135 cm³/mol. The molecule has 0 saturated heterocycles. The molecule has 2 N–H and O–H groups in total. The average Bonchev–Trinajstić information content (AvgIpc) is 3.28. The second-order valence-electron chi connectivity index (χ2n) is 7.09. The SMILES string of the molecule is Cc1ccc(Nc2nnc(SCC(=O)Nc3ccc(Cl)cc3C(=O)c3ccccc3)s2)cc1. The number of anilines is 3. The molecule has 1 amide bonds. The first-order valence-electron chi connectivity index (χ1n) is 9.97. The van der Waals surface area contributed by atoms with Crippen molar-refractivity contribution in [3.8, 4) is 0 Å². The van der Waals surface area contributed by atoms with Gasteiger partial charge in [0, 0.05) is 21.8 Å². The third kappa shape index (κ3) is 6.19. The van der Waals surface area contributed by atoms with Gasteiger partial charge in [-0.05, 0) is 37.3 Å². The quantitative estimate of drug-likeness (QED) is 0.224. The minimum atomic E-state index is -0.257. The molecule has 0 unspecified atom stereocenters. The van der Waals surface area contributed by atoms with Crippen molar-refractivity contribution in [2.24, 2.45) is 0 Å². The number of hydrogen-bond donors (Lipinski definition) is 2. The van der Waals surface area contributed by atoms with E-state index in [0.717, 1.165) is 5.69 Å². The molecule has 6 nitrogen and oxygen atoms in total. The van der Waals surface area contributed by atoms with Crippen molar-refractivity contribution in [3.05, 3.63) is 94.5 Å². The molecule has 0 fully saturated rings. The van der Waals surface area contributed by atoms with E-state index < -0.39 is 0 Å². The zero-order valence-electron chi connectivity index (χ0n) is 17.5. The molecule has 0 aliphatic rings. The van der Waals surface area contributed by atoms with Gasteiger partial charge in [-0.2, -0.15) is 0 Å². The van der Waals surface area contributed by atoms with Crippen LogP contribution in [0.3, 0.4) is 0 Å². The Morgan fingerprint density at radius 1 is 1.00 bits per heavy atom. The average molecular weight is 495 g/mol. The van der Waals surface area contributed by atoms with Crippen LogP contribution in [-0.4, -0.2) is 27.6 Å². The van der Waals surface area contributed by atoms with E-state index in [4.69, 9.17) is 11.6 Å². The predicted octanol–water partition coefficient (Wildman–Crippen LogP) is 6.21. The molecule has 1 heterocycles. The number of aryl methyl sites for hydroxylation is 1. The molecule has 0 aliphatic carbocycles. The fourth-order valence-corrected chi connectivity index (χ4v) is 4.70. The van der Waals surface area contributed by atoms with Crippen molar-refractivity contribution in [1.29, 1.82) is 0 Å². The minimum absolute atomic E-state index is 0.126. The molecule has 0 radical (unpaired) electrons. The van der Waals surface area contributed by atoms with Crippen LogP contribution in [0, 0.1) is 6.92 Å². The Hall–Kier alpha value is -3.20. The Labute approximate surface area is 204 Å². The number of amides is 1. The van der Waals surface area contributed by atoms with E-state index in [1.807, 2.05) is 37.3 Å². The maximum absolute atomic E-state index is 12.9. The Bertz CT molecular complexity index is 1280. The summed E-state index contributed by atoms with van der Waals surface area (Å²) in [6.45, 7) is 2.03. The van der Waals surface area contributed by atoms with E-state index in [-0.39, 0.29) is 17.4 Å². The van der Waals surface area contributed by atoms with E-state index in [0.29, 0.717) is 31.3 Å². The Morgan fingerprint density at radius 2 is 1.76 bits per heavy atom. The van der Waals surface area contributed by atoms with Gasteiger partial charge in [0.2, 0.25) is 11.0 Å². The number of nitrogens with one attached hydrogen (secondary N) is 2. The summed E-state index contributed by atoms with van der Waals surface area (Å²) in [5.74, 6) is -0.342. The smallest absolute Gasteiger partial charge is 0.234 e. The number of hydrogen-bond acceptors (Lipinski definition) is 7. The third-order valence-corrected chi connectivity index (χ3v) is 6.78. The van der Waals surface area contributed by atoms with Gasteiger partial charge in [-0.15, -0.1) is 10.2 Å². The number of ketones is 1. The third-order valence-electron chi connectivity index (χ3n) is 4.57.